The van der Waals surface area contributed by atoms with Gasteiger partial charge in [-0.2, -0.15) is 0 Å². The Labute approximate surface area is 140 Å². The Morgan fingerprint density at radius 1 is 1.17 bits per heavy atom. The molecule has 0 fully saturated rings. The van der Waals surface area contributed by atoms with Gasteiger partial charge in [-0.15, -0.1) is 0 Å². The SMILES string of the molecule is C[C@H](CC1c2ccccc2-c2cc(N)ccc21)OCOP(=O)(O)O. The van der Waals surface area contributed by atoms with Gasteiger partial charge in [0.25, 0.3) is 0 Å². The van der Waals surface area contributed by atoms with Gasteiger partial charge in [0.2, 0.25) is 0 Å². The number of hydrogen-bond donors (Lipinski definition) is 3. The Bertz CT molecular complexity index is 788. The number of phosphoric acid groups is 1. The second-order valence-corrected chi connectivity index (χ2v) is 7.18. The van der Waals surface area contributed by atoms with Crippen LogP contribution in [0.2, 0.25) is 0 Å². The molecule has 2 atom stereocenters. The molecule has 0 radical (unpaired) electrons. The number of fused-ring (bicyclic) bond motifs is 3. The Balaban J connectivity index is 1.78. The van der Waals surface area contributed by atoms with E-state index in [1.54, 1.807) is 0 Å². The number of ether oxygens (including phenoxy) is 1. The molecular formula is C17H20NO5P. The van der Waals surface area contributed by atoms with Crippen molar-refractivity contribution in [2.45, 2.75) is 25.4 Å². The first-order valence-corrected chi connectivity index (χ1v) is 9.18. The predicted octanol–water partition coefficient (Wildman–Crippen LogP) is 3.24. The first kappa shape index (κ1) is 17.1. The Kier molecular flexibility index (Phi) is 4.76. The molecule has 0 heterocycles. The lowest BCUT2D eigenvalue weighted by molar-refractivity contribution is -0.0435. The van der Waals surface area contributed by atoms with Crippen LogP contribution in [0.25, 0.3) is 11.1 Å². The summed E-state index contributed by atoms with van der Waals surface area (Å²) in [5.74, 6) is 0.154. The fourth-order valence-electron chi connectivity index (χ4n) is 3.19. The van der Waals surface area contributed by atoms with Crippen LogP contribution in [0, 0.1) is 0 Å². The van der Waals surface area contributed by atoms with Crippen LogP contribution >= 0.6 is 7.82 Å². The van der Waals surface area contributed by atoms with Crippen LogP contribution in [-0.4, -0.2) is 22.7 Å². The van der Waals surface area contributed by atoms with E-state index in [-0.39, 0.29) is 12.0 Å². The second kappa shape index (κ2) is 6.67. The third-order valence-electron chi connectivity index (χ3n) is 4.22. The number of rotatable bonds is 6. The fraction of sp³-hybridized carbons (Fsp3) is 0.294. The molecule has 0 saturated heterocycles. The van der Waals surface area contributed by atoms with Crippen LogP contribution in [0.15, 0.2) is 42.5 Å². The van der Waals surface area contributed by atoms with E-state index in [1.165, 1.54) is 16.7 Å². The minimum absolute atomic E-state index is 0.154. The Morgan fingerprint density at radius 2 is 1.88 bits per heavy atom. The number of nitrogen functional groups attached to an aromatic ring is 1. The average Bonchev–Trinajstić information content (AvgIpc) is 2.80. The van der Waals surface area contributed by atoms with Gasteiger partial charge < -0.3 is 20.3 Å². The van der Waals surface area contributed by atoms with E-state index in [0.29, 0.717) is 6.42 Å². The average molecular weight is 349 g/mol. The third-order valence-corrected chi connectivity index (χ3v) is 4.66. The van der Waals surface area contributed by atoms with E-state index >= 15 is 0 Å². The molecule has 2 aromatic rings. The molecule has 0 saturated carbocycles. The van der Waals surface area contributed by atoms with E-state index in [1.807, 2.05) is 37.3 Å². The van der Waals surface area contributed by atoms with Crippen LogP contribution in [0.3, 0.4) is 0 Å². The maximum absolute atomic E-state index is 10.7. The summed E-state index contributed by atoms with van der Waals surface area (Å²) in [5, 5.41) is 0. The van der Waals surface area contributed by atoms with Gasteiger partial charge in [0, 0.05) is 11.6 Å². The molecule has 0 aromatic heterocycles. The van der Waals surface area contributed by atoms with E-state index in [9.17, 15) is 4.57 Å². The molecule has 2 aromatic carbocycles. The molecule has 0 bridgehead atoms. The van der Waals surface area contributed by atoms with Gasteiger partial charge in [0.05, 0.1) is 6.10 Å². The summed E-state index contributed by atoms with van der Waals surface area (Å²) in [5.41, 5.74) is 11.4. The molecule has 7 heteroatoms. The lowest BCUT2D eigenvalue weighted by atomic mass is 9.91. The monoisotopic (exact) mass is 349 g/mol. The topological polar surface area (TPSA) is 102 Å². The highest BCUT2D eigenvalue weighted by Crippen LogP contribution is 2.47. The Morgan fingerprint density at radius 3 is 2.62 bits per heavy atom. The third kappa shape index (κ3) is 3.69. The molecule has 4 N–H and O–H groups in total. The van der Waals surface area contributed by atoms with Crippen molar-refractivity contribution in [3.63, 3.8) is 0 Å². The van der Waals surface area contributed by atoms with Crippen LogP contribution in [-0.2, 0) is 13.8 Å². The van der Waals surface area contributed by atoms with Gasteiger partial charge >= 0.3 is 7.82 Å². The van der Waals surface area contributed by atoms with Gasteiger partial charge in [-0.3, -0.25) is 4.52 Å². The lowest BCUT2D eigenvalue weighted by Gasteiger charge is -2.19. The number of benzene rings is 2. The largest absolute Gasteiger partial charge is 0.471 e. The van der Waals surface area contributed by atoms with Crippen molar-refractivity contribution in [3.8, 4) is 11.1 Å². The van der Waals surface area contributed by atoms with Crippen molar-refractivity contribution in [3.05, 3.63) is 53.6 Å². The first-order valence-electron chi connectivity index (χ1n) is 7.65. The van der Waals surface area contributed by atoms with E-state index in [0.717, 1.165) is 11.3 Å². The molecule has 128 valence electrons. The van der Waals surface area contributed by atoms with Crippen LogP contribution in [0.1, 0.15) is 30.4 Å². The van der Waals surface area contributed by atoms with E-state index in [4.69, 9.17) is 20.3 Å². The van der Waals surface area contributed by atoms with Crippen molar-refractivity contribution in [1.29, 1.82) is 0 Å². The first-order chi connectivity index (χ1) is 11.3. The standard InChI is InChI=1S/C17H20NO5P/c1-11(22-10-23-24(19,20)21)8-16-13-4-2-3-5-14(13)17-9-12(18)6-7-15(16)17/h2-7,9,11,16H,8,10,18H2,1H3,(H2,19,20,21)/t11-,16?/m1/s1. The van der Waals surface area contributed by atoms with Crippen LogP contribution in [0.4, 0.5) is 5.69 Å². The fourth-order valence-corrected chi connectivity index (χ4v) is 3.39. The highest BCUT2D eigenvalue weighted by atomic mass is 31.2. The molecule has 0 spiro atoms. The minimum atomic E-state index is -4.51. The molecule has 24 heavy (non-hydrogen) atoms. The molecule has 1 aliphatic carbocycles. The lowest BCUT2D eigenvalue weighted by Crippen LogP contribution is -2.14. The van der Waals surface area contributed by atoms with Gasteiger partial charge in [0.1, 0.15) is 0 Å². The highest BCUT2D eigenvalue weighted by Gasteiger charge is 2.29. The smallest absolute Gasteiger partial charge is 0.399 e. The Hall–Kier alpha value is -1.69. The molecular weight excluding hydrogens is 329 g/mol. The summed E-state index contributed by atoms with van der Waals surface area (Å²) in [4.78, 5) is 17.4. The zero-order valence-corrected chi connectivity index (χ0v) is 14.1. The summed E-state index contributed by atoms with van der Waals surface area (Å²) >= 11 is 0. The number of phosphoric ester groups is 1. The normalized spacial score (nSPS) is 17.4. The number of hydrogen-bond acceptors (Lipinski definition) is 4. The van der Waals surface area contributed by atoms with Gasteiger partial charge in [0.15, 0.2) is 6.79 Å². The van der Waals surface area contributed by atoms with E-state index < -0.39 is 14.6 Å². The summed E-state index contributed by atoms with van der Waals surface area (Å²) < 4.78 is 20.4. The molecule has 6 nitrogen and oxygen atoms in total. The van der Waals surface area contributed by atoms with Gasteiger partial charge in [-0.25, -0.2) is 4.57 Å². The molecule has 3 rings (SSSR count). The van der Waals surface area contributed by atoms with Gasteiger partial charge in [-0.1, -0.05) is 30.3 Å². The highest BCUT2D eigenvalue weighted by molar-refractivity contribution is 7.46. The van der Waals surface area contributed by atoms with Crippen LogP contribution < -0.4 is 5.73 Å². The van der Waals surface area contributed by atoms with Crippen molar-refractivity contribution < 1.29 is 23.6 Å². The summed E-state index contributed by atoms with van der Waals surface area (Å²) in [6.07, 6.45) is 0.455. The summed E-state index contributed by atoms with van der Waals surface area (Å²) in [7, 11) is -4.51. The molecule has 0 aliphatic heterocycles. The molecule has 1 aliphatic rings. The van der Waals surface area contributed by atoms with E-state index in [2.05, 4.69) is 16.7 Å². The minimum Gasteiger partial charge on any atom is -0.399 e. The van der Waals surface area contributed by atoms with Crippen molar-refractivity contribution in [2.75, 3.05) is 12.5 Å². The number of anilines is 1. The number of nitrogens with two attached hydrogens (primary N) is 1. The summed E-state index contributed by atoms with van der Waals surface area (Å²) in [6, 6.07) is 14.1. The molecule has 0 amide bonds. The quantitative estimate of drug-likeness (QED) is 0.420. The van der Waals surface area contributed by atoms with Crippen molar-refractivity contribution >= 4 is 13.5 Å². The zero-order valence-electron chi connectivity index (χ0n) is 13.3. The van der Waals surface area contributed by atoms with Crippen molar-refractivity contribution in [2.24, 2.45) is 0 Å². The summed E-state index contributed by atoms with van der Waals surface area (Å²) in [6.45, 7) is 1.43. The van der Waals surface area contributed by atoms with Crippen molar-refractivity contribution in [1.82, 2.24) is 0 Å². The van der Waals surface area contributed by atoms with Gasteiger partial charge in [-0.05, 0) is 47.7 Å². The maximum atomic E-state index is 10.7. The van der Waals surface area contributed by atoms with Crippen LogP contribution in [0.5, 0.6) is 0 Å². The predicted molar refractivity (Wildman–Crippen MR) is 91.3 cm³/mol. The maximum Gasteiger partial charge on any atom is 0.471 e. The zero-order chi connectivity index (χ0) is 17.3. The molecule has 1 unspecified atom stereocenters. The second-order valence-electron chi connectivity index (χ2n) is 5.94.